The second-order valence-corrected chi connectivity index (χ2v) is 6.95. The van der Waals surface area contributed by atoms with Crippen LogP contribution in [0.1, 0.15) is 5.56 Å². The highest BCUT2D eigenvalue weighted by Crippen LogP contribution is 2.36. The van der Waals surface area contributed by atoms with Gasteiger partial charge >= 0.3 is 13.3 Å². The molecule has 0 amide bonds. The molecule has 4 aromatic rings. The maximum Gasteiger partial charge on any atom is 0.489 e. The van der Waals surface area contributed by atoms with Gasteiger partial charge in [0, 0.05) is 24.3 Å². The Kier molecular flexibility index (Phi) is 5.20. The molecule has 2 N–H and O–H groups in total. The Bertz CT molecular complexity index is 1230. The number of anilines is 2. The first-order valence-electron chi connectivity index (χ1n) is 9.19. The fourth-order valence-corrected chi connectivity index (χ4v) is 3.51. The van der Waals surface area contributed by atoms with Gasteiger partial charge in [-0.05, 0) is 54.0 Å². The molecule has 0 bridgehead atoms. The van der Waals surface area contributed by atoms with Gasteiger partial charge in [-0.3, -0.25) is 9.55 Å². The molecule has 0 fully saturated rings. The second-order valence-electron chi connectivity index (χ2n) is 6.95. The van der Waals surface area contributed by atoms with E-state index in [2.05, 4.69) is 4.98 Å². The molecular formula is C21H16BF4N3O2. The van der Waals surface area contributed by atoms with Crippen LogP contribution in [0.25, 0.3) is 16.6 Å². The van der Waals surface area contributed by atoms with Crippen LogP contribution in [0, 0.1) is 5.82 Å². The van der Waals surface area contributed by atoms with Crippen molar-refractivity contribution in [2.45, 2.75) is 6.18 Å². The summed E-state index contributed by atoms with van der Waals surface area (Å²) < 4.78 is 56.0. The lowest BCUT2D eigenvalue weighted by molar-refractivity contribution is -0.136. The lowest BCUT2D eigenvalue weighted by Crippen LogP contribution is -2.36. The predicted octanol–water partition coefficient (Wildman–Crippen LogP) is 3.63. The third kappa shape index (κ3) is 3.87. The maximum atomic E-state index is 13.7. The van der Waals surface area contributed by atoms with Crippen molar-refractivity contribution in [1.82, 2.24) is 9.55 Å². The summed E-state index contributed by atoms with van der Waals surface area (Å²) in [6, 6.07) is 12.4. The van der Waals surface area contributed by atoms with Crippen molar-refractivity contribution in [2.75, 3.05) is 11.9 Å². The standard InChI is InChI=1S/C21H16BF4N3O2/c1-28(16-3-2-8-27-12-16)20-10-13-9-18(22(30)31)17(21(24,25)26)11-19(13)29(20)15-6-4-14(23)5-7-15/h2-12,30-31H,1H3. The van der Waals surface area contributed by atoms with E-state index in [9.17, 15) is 27.6 Å². The fourth-order valence-electron chi connectivity index (χ4n) is 3.51. The molecule has 0 aliphatic carbocycles. The Balaban J connectivity index is 2.04. The molecule has 0 saturated heterocycles. The normalized spacial score (nSPS) is 11.7. The van der Waals surface area contributed by atoms with Crippen molar-refractivity contribution >= 4 is 35.0 Å². The summed E-state index contributed by atoms with van der Waals surface area (Å²) in [6.45, 7) is 0. The van der Waals surface area contributed by atoms with Crippen molar-refractivity contribution < 1.29 is 27.6 Å². The molecule has 0 spiro atoms. The minimum Gasteiger partial charge on any atom is -0.423 e. The number of benzene rings is 2. The Morgan fingerprint density at radius 3 is 2.32 bits per heavy atom. The van der Waals surface area contributed by atoms with Gasteiger partial charge in [0.25, 0.3) is 0 Å². The molecule has 0 aliphatic rings. The van der Waals surface area contributed by atoms with E-state index in [0.29, 0.717) is 22.6 Å². The summed E-state index contributed by atoms with van der Waals surface area (Å²) in [7, 11) is -0.577. The molecule has 0 radical (unpaired) electrons. The van der Waals surface area contributed by atoms with Gasteiger partial charge in [-0.1, -0.05) is 6.07 Å². The third-order valence-corrected chi connectivity index (χ3v) is 5.00. The zero-order valence-electron chi connectivity index (χ0n) is 16.2. The first-order chi connectivity index (χ1) is 14.7. The van der Waals surface area contributed by atoms with Crippen LogP contribution >= 0.6 is 0 Å². The average molecular weight is 429 g/mol. The Hall–Kier alpha value is -3.37. The summed E-state index contributed by atoms with van der Waals surface area (Å²) >= 11 is 0. The number of halogens is 4. The molecule has 5 nitrogen and oxygen atoms in total. The highest BCUT2D eigenvalue weighted by atomic mass is 19.4. The summed E-state index contributed by atoms with van der Waals surface area (Å²) in [5, 5.41) is 19.4. The first-order valence-corrected chi connectivity index (χ1v) is 9.19. The van der Waals surface area contributed by atoms with E-state index >= 15 is 0 Å². The van der Waals surface area contributed by atoms with Crippen LogP contribution in [0.3, 0.4) is 0 Å². The van der Waals surface area contributed by atoms with Gasteiger partial charge in [0.05, 0.1) is 23.0 Å². The smallest absolute Gasteiger partial charge is 0.423 e. The number of rotatable bonds is 4. The van der Waals surface area contributed by atoms with E-state index < -0.39 is 30.1 Å². The van der Waals surface area contributed by atoms with Crippen molar-refractivity contribution in [3.8, 4) is 5.69 Å². The van der Waals surface area contributed by atoms with Crippen LogP contribution in [0.5, 0.6) is 0 Å². The highest BCUT2D eigenvalue weighted by Gasteiger charge is 2.37. The lowest BCUT2D eigenvalue weighted by atomic mass is 9.76. The van der Waals surface area contributed by atoms with E-state index in [1.807, 2.05) is 0 Å². The topological polar surface area (TPSA) is 61.5 Å². The van der Waals surface area contributed by atoms with Gasteiger partial charge in [-0.2, -0.15) is 13.2 Å². The van der Waals surface area contributed by atoms with Gasteiger partial charge in [0.2, 0.25) is 0 Å². The van der Waals surface area contributed by atoms with E-state index in [0.717, 1.165) is 12.1 Å². The Labute approximate surface area is 174 Å². The number of nitrogens with zero attached hydrogens (tertiary/aromatic N) is 3. The molecule has 4 rings (SSSR count). The molecule has 158 valence electrons. The molecule has 0 unspecified atom stereocenters. The molecule has 0 atom stereocenters. The quantitative estimate of drug-likeness (QED) is 0.384. The maximum absolute atomic E-state index is 13.7. The number of fused-ring (bicyclic) bond motifs is 1. The van der Waals surface area contributed by atoms with Crippen molar-refractivity contribution in [3.05, 3.63) is 78.4 Å². The zero-order valence-corrected chi connectivity index (χ0v) is 16.2. The summed E-state index contributed by atoms with van der Waals surface area (Å²) in [4.78, 5) is 5.79. The lowest BCUT2D eigenvalue weighted by Gasteiger charge is -2.22. The molecule has 31 heavy (non-hydrogen) atoms. The van der Waals surface area contributed by atoms with Crippen LogP contribution in [0.15, 0.2) is 67.0 Å². The Morgan fingerprint density at radius 1 is 1.03 bits per heavy atom. The SMILES string of the molecule is CN(c1cccnc1)c1cc2cc(B(O)O)c(C(F)(F)F)cc2n1-c1ccc(F)cc1. The van der Waals surface area contributed by atoms with Gasteiger partial charge < -0.3 is 14.9 Å². The molecular weight excluding hydrogens is 413 g/mol. The molecule has 0 aliphatic heterocycles. The number of hydrogen-bond acceptors (Lipinski definition) is 4. The van der Waals surface area contributed by atoms with Crippen LogP contribution in [-0.4, -0.2) is 33.8 Å². The van der Waals surface area contributed by atoms with Crippen molar-refractivity contribution in [1.29, 1.82) is 0 Å². The molecule has 2 heterocycles. The van der Waals surface area contributed by atoms with Gasteiger partial charge in [-0.15, -0.1) is 0 Å². The number of alkyl halides is 3. The van der Waals surface area contributed by atoms with Crippen molar-refractivity contribution in [3.63, 3.8) is 0 Å². The summed E-state index contributed by atoms with van der Waals surface area (Å²) in [6.07, 6.45) is -1.62. The second kappa shape index (κ2) is 7.71. The molecule has 2 aromatic heterocycles. The van der Waals surface area contributed by atoms with E-state index in [-0.39, 0.29) is 5.52 Å². The van der Waals surface area contributed by atoms with Crippen LogP contribution in [0.4, 0.5) is 29.1 Å². The van der Waals surface area contributed by atoms with Gasteiger partial charge in [0.15, 0.2) is 0 Å². The monoisotopic (exact) mass is 429 g/mol. The Morgan fingerprint density at radius 2 is 1.74 bits per heavy atom. The van der Waals surface area contributed by atoms with Gasteiger partial charge in [0.1, 0.15) is 11.6 Å². The molecule has 10 heteroatoms. The predicted molar refractivity (Wildman–Crippen MR) is 110 cm³/mol. The zero-order chi connectivity index (χ0) is 22.3. The highest BCUT2D eigenvalue weighted by molar-refractivity contribution is 6.59. The van der Waals surface area contributed by atoms with Crippen LogP contribution < -0.4 is 10.4 Å². The van der Waals surface area contributed by atoms with Crippen LogP contribution in [0.2, 0.25) is 0 Å². The number of aromatic nitrogens is 2. The van der Waals surface area contributed by atoms with Gasteiger partial charge in [-0.25, -0.2) is 4.39 Å². The summed E-state index contributed by atoms with van der Waals surface area (Å²) in [5.74, 6) is -0.00337. The fraction of sp³-hybridized carbons (Fsp3) is 0.0952. The van der Waals surface area contributed by atoms with Crippen LogP contribution in [-0.2, 0) is 6.18 Å². The van der Waals surface area contributed by atoms with Crippen molar-refractivity contribution in [2.24, 2.45) is 0 Å². The largest absolute Gasteiger partial charge is 0.489 e. The molecule has 2 aromatic carbocycles. The summed E-state index contributed by atoms with van der Waals surface area (Å²) in [5.41, 5.74) is -0.521. The number of pyridine rings is 1. The first kappa shape index (κ1) is 20.9. The minimum atomic E-state index is -4.81. The third-order valence-electron chi connectivity index (χ3n) is 5.00. The molecule has 0 saturated carbocycles. The average Bonchev–Trinajstić information content (AvgIpc) is 3.11. The van der Waals surface area contributed by atoms with E-state index in [1.165, 1.54) is 24.3 Å². The van der Waals surface area contributed by atoms with E-state index in [4.69, 9.17) is 0 Å². The minimum absolute atomic E-state index is 0.175. The number of hydrogen-bond donors (Lipinski definition) is 2. The van der Waals surface area contributed by atoms with E-state index in [1.54, 1.807) is 47.1 Å².